The monoisotopic (exact) mass is 257 g/mol. The van der Waals surface area contributed by atoms with Gasteiger partial charge in [-0.25, -0.2) is 0 Å². The Labute approximate surface area is 91.5 Å². The number of oxime groups is 1. The quantitative estimate of drug-likeness (QED) is 0.668. The summed E-state index contributed by atoms with van der Waals surface area (Å²) in [5, 5.41) is 13.5. The van der Waals surface area contributed by atoms with Crippen LogP contribution in [0.25, 0.3) is 0 Å². The van der Waals surface area contributed by atoms with E-state index in [9.17, 15) is 5.11 Å². The fraction of sp³-hybridized carbons (Fsp3) is 0.300. The second-order valence-corrected chi connectivity index (χ2v) is 3.79. The van der Waals surface area contributed by atoms with Crippen LogP contribution >= 0.6 is 15.9 Å². The van der Waals surface area contributed by atoms with Gasteiger partial charge in [-0.05, 0) is 24.6 Å². The van der Waals surface area contributed by atoms with Crippen molar-refractivity contribution in [3.63, 3.8) is 0 Å². The lowest BCUT2D eigenvalue weighted by Crippen LogP contribution is -2.08. The van der Waals surface area contributed by atoms with Gasteiger partial charge in [-0.2, -0.15) is 0 Å². The molecular weight excluding hydrogens is 246 g/mol. The first-order valence-corrected chi connectivity index (χ1v) is 4.95. The van der Waals surface area contributed by atoms with Gasteiger partial charge in [0.25, 0.3) is 0 Å². The van der Waals surface area contributed by atoms with E-state index in [4.69, 9.17) is 0 Å². The Kier molecular flexibility index (Phi) is 4.10. The second kappa shape index (κ2) is 5.12. The van der Waals surface area contributed by atoms with Crippen molar-refractivity contribution in [3.8, 4) is 0 Å². The number of aliphatic hydroxyl groups is 1. The Balaban J connectivity index is 2.84. The molecule has 14 heavy (non-hydrogen) atoms. The molecule has 76 valence electrons. The predicted molar refractivity (Wildman–Crippen MR) is 59.2 cm³/mol. The Morgan fingerprint density at radius 2 is 2.00 bits per heavy atom. The molecule has 0 aliphatic carbocycles. The SMILES string of the molecule is CON=C(C)C(O)c1ccc(Br)cc1. The van der Waals surface area contributed by atoms with Crippen LogP contribution in [0.5, 0.6) is 0 Å². The van der Waals surface area contributed by atoms with Crippen LogP contribution in [0.1, 0.15) is 18.6 Å². The Morgan fingerprint density at radius 3 is 2.50 bits per heavy atom. The Bertz CT molecular complexity index is 321. The molecule has 1 atom stereocenters. The van der Waals surface area contributed by atoms with Crippen molar-refractivity contribution in [3.05, 3.63) is 34.3 Å². The fourth-order valence-electron chi connectivity index (χ4n) is 1.08. The molecule has 0 saturated heterocycles. The van der Waals surface area contributed by atoms with Gasteiger partial charge in [-0.1, -0.05) is 33.2 Å². The van der Waals surface area contributed by atoms with Crippen LogP contribution < -0.4 is 0 Å². The van der Waals surface area contributed by atoms with Gasteiger partial charge in [0.05, 0.1) is 5.71 Å². The van der Waals surface area contributed by atoms with Gasteiger partial charge in [0.15, 0.2) is 0 Å². The molecule has 1 aromatic carbocycles. The average Bonchev–Trinajstić information content (AvgIpc) is 2.18. The normalized spacial score (nSPS) is 13.9. The zero-order valence-electron chi connectivity index (χ0n) is 8.07. The zero-order valence-corrected chi connectivity index (χ0v) is 9.65. The summed E-state index contributed by atoms with van der Waals surface area (Å²) in [4.78, 5) is 4.59. The highest BCUT2D eigenvalue weighted by Crippen LogP contribution is 2.17. The molecule has 0 aliphatic rings. The van der Waals surface area contributed by atoms with Gasteiger partial charge in [0.1, 0.15) is 13.2 Å². The lowest BCUT2D eigenvalue weighted by molar-refractivity contribution is 0.195. The summed E-state index contributed by atoms with van der Waals surface area (Å²) in [6.07, 6.45) is -0.706. The van der Waals surface area contributed by atoms with E-state index in [0.29, 0.717) is 5.71 Å². The molecule has 0 heterocycles. The Morgan fingerprint density at radius 1 is 1.43 bits per heavy atom. The summed E-state index contributed by atoms with van der Waals surface area (Å²) in [7, 11) is 1.46. The van der Waals surface area contributed by atoms with E-state index in [1.807, 2.05) is 24.3 Å². The van der Waals surface area contributed by atoms with E-state index in [-0.39, 0.29) is 0 Å². The number of hydrogen-bond donors (Lipinski definition) is 1. The van der Waals surface area contributed by atoms with Crippen molar-refractivity contribution >= 4 is 21.6 Å². The van der Waals surface area contributed by atoms with E-state index < -0.39 is 6.10 Å². The van der Waals surface area contributed by atoms with Crippen LogP contribution in [-0.2, 0) is 4.84 Å². The van der Waals surface area contributed by atoms with Crippen molar-refractivity contribution < 1.29 is 9.94 Å². The standard InChI is InChI=1S/C10H12BrNO2/c1-7(12-14-2)10(13)8-3-5-9(11)6-4-8/h3-6,10,13H,1-2H3. The number of rotatable bonds is 3. The van der Waals surface area contributed by atoms with Crippen molar-refractivity contribution in [2.24, 2.45) is 5.16 Å². The van der Waals surface area contributed by atoms with Gasteiger partial charge in [0.2, 0.25) is 0 Å². The van der Waals surface area contributed by atoms with Gasteiger partial charge in [-0.15, -0.1) is 0 Å². The van der Waals surface area contributed by atoms with Crippen molar-refractivity contribution in [2.45, 2.75) is 13.0 Å². The van der Waals surface area contributed by atoms with E-state index in [0.717, 1.165) is 10.0 Å². The summed E-state index contributed by atoms with van der Waals surface area (Å²) >= 11 is 3.33. The smallest absolute Gasteiger partial charge is 0.120 e. The summed E-state index contributed by atoms with van der Waals surface area (Å²) in [6, 6.07) is 7.42. The highest BCUT2D eigenvalue weighted by molar-refractivity contribution is 9.10. The van der Waals surface area contributed by atoms with Crippen molar-refractivity contribution in [1.29, 1.82) is 0 Å². The third-order valence-corrected chi connectivity index (χ3v) is 2.35. The van der Waals surface area contributed by atoms with Gasteiger partial charge in [-0.3, -0.25) is 0 Å². The minimum absolute atomic E-state index is 0.537. The molecule has 0 saturated carbocycles. The maximum Gasteiger partial charge on any atom is 0.120 e. The summed E-state index contributed by atoms with van der Waals surface area (Å²) in [5.74, 6) is 0. The van der Waals surface area contributed by atoms with Crippen LogP contribution in [0.15, 0.2) is 33.9 Å². The third kappa shape index (κ3) is 2.82. The van der Waals surface area contributed by atoms with Gasteiger partial charge < -0.3 is 9.94 Å². The van der Waals surface area contributed by atoms with E-state index in [1.54, 1.807) is 6.92 Å². The summed E-state index contributed by atoms with van der Waals surface area (Å²) in [6.45, 7) is 1.72. The molecule has 0 amide bonds. The maximum absolute atomic E-state index is 9.78. The van der Waals surface area contributed by atoms with Gasteiger partial charge in [0, 0.05) is 4.47 Å². The molecule has 1 unspecified atom stereocenters. The van der Waals surface area contributed by atoms with E-state index >= 15 is 0 Å². The number of nitrogens with zero attached hydrogens (tertiary/aromatic N) is 1. The lowest BCUT2D eigenvalue weighted by atomic mass is 10.1. The van der Waals surface area contributed by atoms with Crippen LogP contribution in [0.2, 0.25) is 0 Å². The minimum Gasteiger partial charge on any atom is -0.399 e. The van der Waals surface area contributed by atoms with Crippen molar-refractivity contribution in [1.82, 2.24) is 0 Å². The molecule has 0 fully saturated rings. The molecular formula is C10H12BrNO2. The zero-order chi connectivity index (χ0) is 10.6. The lowest BCUT2D eigenvalue weighted by Gasteiger charge is -2.09. The topological polar surface area (TPSA) is 41.8 Å². The number of benzene rings is 1. The molecule has 1 aromatic rings. The largest absolute Gasteiger partial charge is 0.399 e. The van der Waals surface area contributed by atoms with Gasteiger partial charge >= 0.3 is 0 Å². The van der Waals surface area contributed by atoms with E-state index in [1.165, 1.54) is 7.11 Å². The molecule has 0 bridgehead atoms. The first kappa shape index (κ1) is 11.2. The fourth-order valence-corrected chi connectivity index (χ4v) is 1.34. The Hall–Kier alpha value is -0.870. The van der Waals surface area contributed by atoms with Crippen molar-refractivity contribution in [2.75, 3.05) is 7.11 Å². The van der Waals surface area contributed by atoms with Crippen LogP contribution in [-0.4, -0.2) is 17.9 Å². The molecule has 1 rings (SSSR count). The molecule has 4 heteroatoms. The maximum atomic E-state index is 9.78. The predicted octanol–water partition coefficient (Wildman–Crippen LogP) is 2.50. The summed E-state index contributed by atoms with van der Waals surface area (Å²) in [5.41, 5.74) is 1.33. The molecule has 0 radical (unpaired) electrons. The number of hydrogen-bond acceptors (Lipinski definition) is 3. The number of aliphatic hydroxyl groups excluding tert-OH is 1. The van der Waals surface area contributed by atoms with E-state index in [2.05, 4.69) is 25.9 Å². The van der Waals surface area contributed by atoms with Crippen LogP contribution in [0.4, 0.5) is 0 Å². The second-order valence-electron chi connectivity index (χ2n) is 2.87. The average molecular weight is 258 g/mol. The minimum atomic E-state index is -0.706. The number of halogens is 1. The molecule has 0 spiro atoms. The highest BCUT2D eigenvalue weighted by atomic mass is 79.9. The molecule has 0 aromatic heterocycles. The van der Waals surface area contributed by atoms with Crippen LogP contribution in [0, 0.1) is 0 Å². The van der Waals surface area contributed by atoms with Crippen LogP contribution in [0.3, 0.4) is 0 Å². The molecule has 0 aliphatic heterocycles. The molecule has 1 N–H and O–H groups in total. The first-order chi connectivity index (χ1) is 6.65. The highest BCUT2D eigenvalue weighted by Gasteiger charge is 2.10. The molecule has 3 nitrogen and oxygen atoms in total. The third-order valence-electron chi connectivity index (χ3n) is 1.82. The summed E-state index contributed by atoms with van der Waals surface area (Å²) < 4.78 is 0.981. The first-order valence-electron chi connectivity index (χ1n) is 4.16.